The number of benzene rings is 3. The Labute approximate surface area is 275 Å². The Bertz CT molecular complexity index is 1530. The first-order chi connectivity index (χ1) is 22.3. The Morgan fingerprint density at radius 3 is 2.41 bits per heavy atom. The average molecular weight is 651 g/mol. The lowest BCUT2D eigenvalue weighted by Crippen LogP contribution is -2.50. The van der Waals surface area contributed by atoms with Crippen molar-refractivity contribution in [1.29, 1.82) is 0 Å². The second-order valence-electron chi connectivity index (χ2n) is 12.5. The van der Waals surface area contributed by atoms with Crippen molar-refractivity contribution in [3.8, 4) is 34.1 Å². The second kappa shape index (κ2) is 14.5. The number of carboxylic acids is 1. The van der Waals surface area contributed by atoms with Crippen LogP contribution in [-0.4, -0.2) is 84.1 Å². The van der Waals surface area contributed by atoms with Crippen molar-refractivity contribution < 1.29 is 34.0 Å². The molecule has 3 aliphatic heterocycles. The minimum Gasteiger partial charge on any atom is -0.492 e. The molecule has 2 N–H and O–H groups in total. The van der Waals surface area contributed by atoms with Gasteiger partial charge >= 0.3 is 5.97 Å². The first-order valence-electron chi connectivity index (χ1n) is 16.3. The quantitative estimate of drug-likeness (QED) is 0.261. The van der Waals surface area contributed by atoms with Crippen LogP contribution in [0.2, 0.25) is 5.02 Å². The molecule has 0 atom stereocenters. The predicted octanol–water partition coefficient (Wildman–Crippen LogP) is 5.94. The third-order valence-corrected chi connectivity index (χ3v) is 9.68. The second-order valence-corrected chi connectivity index (χ2v) is 12.9. The molecule has 3 heterocycles. The molecule has 246 valence electrons. The number of nitrogens with zero attached hydrogens (tertiary/aromatic N) is 2. The summed E-state index contributed by atoms with van der Waals surface area (Å²) < 4.78 is 24.2. The zero-order chi connectivity index (χ0) is 32.1. The minimum atomic E-state index is -1.64. The molecule has 0 unspecified atom stereocenters. The molecular formula is C36H43ClN2O7. The van der Waals surface area contributed by atoms with Crippen molar-refractivity contribution >= 4 is 17.6 Å². The Hall–Kier alpha value is -3.50. The van der Waals surface area contributed by atoms with Crippen LogP contribution < -0.4 is 18.9 Å². The molecular weight excluding hydrogens is 608 g/mol. The number of carbonyl (C=O) groups is 1. The van der Waals surface area contributed by atoms with Gasteiger partial charge in [-0.25, -0.2) is 4.79 Å². The van der Waals surface area contributed by atoms with Crippen LogP contribution in [0.25, 0.3) is 11.1 Å². The fraction of sp³-hybridized carbons (Fsp3) is 0.472. The van der Waals surface area contributed by atoms with E-state index in [1.54, 1.807) is 0 Å². The standard InChI is InChI=1S/C36H43ClN2O7/c1-25-27(6-5-7-29(25)26-8-9-31-34(21-26)45-19-18-44-31)24-46-33-22-32(28(20-30(33)37)23-39-12-3-2-4-13-39)43-17-16-38-14-10-36(42,11-15-38)35(40)41/h5-9,20-22,42H,2-4,10-19,23-24H2,1H3,(H,40,41). The third-order valence-electron chi connectivity index (χ3n) is 9.39. The number of halogens is 1. The molecule has 0 aliphatic carbocycles. The van der Waals surface area contributed by atoms with Crippen LogP contribution >= 0.6 is 11.6 Å². The largest absolute Gasteiger partial charge is 0.492 e. The summed E-state index contributed by atoms with van der Waals surface area (Å²) in [6.45, 7) is 8.46. The average Bonchev–Trinajstić information content (AvgIpc) is 3.07. The maximum Gasteiger partial charge on any atom is 0.335 e. The van der Waals surface area contributed by atoms with Gasteiger partial charge in [0.1, 0.15) is 37.9 Å². The zero-order valence-corrected chi connectivity index (χ0v) is 27.2. The molecule has 3 aromatic rings. The molecule has 0 amide bonds. The molecule has 9 nitrogen and oxygen atoms in total. The van der Waals surface area contributed by atoms with Crippen LogP contribution in [0.4, 0.5) is 0 Å². The van der Waals surface area contributed by atoms with Gasteiger partial charge in [0.15, 0.2) is 17.1 Å². The summed E-state index contributed by atoms with van der Waals surface area (Å²) in [6, 6.07) is 16.1. The van der Waals surface area contributed by atoms with Gasteiger partial charge in [-0.1, -0.05) is 42.3 Å². The van der Waals surface area contributed by atoms with Crippen LogP contribution in [0.15, 0.2) is 48.5 Å². The molecule has 2 fully saturated rings. The van der Waals surface area contributed by atoms with Gasteiger partial charge in [-0.15, -0.1) is 0 Å². The zero-order valence-electron chi connectivity index (χ0n) is 26.4. The first-order valence-corrected chi connectivity index (χ1v) is 16.6. The maximum atomic E-state index is 11.4. The highest BCUT2D eigenvalue weighted by Gasteiger charge is 2.39. The molecule has 0 aromatic heterocycles. The van der Waals surface area contributed by atoms with Crippen LogP contribution in [0.3, 0.4) is 0 Å². The van der Waals surface area contributed by atoms with E-state index in [1.165, 1.54) is 19.3 Å². The molecule has 0 bridgehead atoms. The van der Waals surface area contributed by atoms with Gasteiger partial charge < -0.3 is 29.2 Å². The fourth-order valence-electron chi connectivity index (χ4n) is 6.47. The Morgan fingerprint density at radius 2 is 1.65 bits per heavy atom. The van der Waals surface area contributed by atoms with Crippen molar-refractivity contribution in [2.45, 2.75) is 57.8 Å². The van der Waals surface area contributed by atoms with Crippen LogP contribution in [-0.2, 0) is 17.9 Å². The van der Waals surface area contributed by atoms with E-state index >= 15 is 0 Å². The molecule has 2 saturated heterocycles. The van der Waals surface area contributed by atoms with Gasteiger partial charge in [0.05, 0.1) is 5.02 Å². The van der Waals surface area contributed by atoms with Crippen LogP contribution in [0.1, 0.15) is 48.8 Å². The van der Waals surface area contributed by atoms with Crippen LogP contribution in [0.5, 0.6) is 23.0 Å². The molecule has 3 aliphatic rings. The topological polar surface area (TPSA) is 101 Å². The van der Waals surface area contributed by atoms with Gasteiger partial charge in [-0.05, 0) is 86.1 Å². The number of aliphatic carboxylic acids is 1. The lowest BCUT2D eigenvalue weighted by atomic mass is 9.92. The van der Waals surface area contributed by atoms with Crippen molar-refractivity contribution in [3.05, 3.63) is 70.2 Å². The predicted molar refractivity (Wildman–Crippen MR) is 176 cm³/mol. The Morgan fingerprint density at radius 1 is 0.891 bits per heavy atom. The highest BCUT2D eigenvalue weighted by molar-refractivity contribution is 6.32. The first kappa shape index (κ1) is 32.4. The van der Waals surface area contributed by atoms with E-state index in [1.807, 2.05) is 30.3 Å². The number of hydrogen-bond acceptors (Lipinski definition) is 8. The van der Waals surface area contributed by atoms with E-state index in [9.17, 15) is 15.0 Å². The number of carboxylic acid groups (broad SMARTS) is 1. The van der Waals surface area contributed by atoms with Gasteiger partial charge in [-0.3, -0.25) is 9.80 Å². The van der Waals surface area contributed by atoms with Crippen molar-refractivity contribution in [1.82, 2.24) is 9.80 Å². The monoisotopic (exact) mass is 650 g/mol. The van der Waals surface area contributed by atoms with E-state index in [0.717, 1.165) is 64.7 Å². The lowest BCUT2D eigenvalue weighted by molar-refractivity contribution is -0.163. The maximum absolute atomic E-state index is 11.4. The summed E-state index contributed by atoms with van der Waals surface area (Å²) in [5.74, 6) is 1.68. The van der Waals surface area contributed by atoms with E-state index in [-0.39, 0.29) is 12.8 Å². The number of likely N-dealkylation sites (tertiary alicyclic amines) is 2. The van der Waals surface area contributed by atoms with Gasteiger partial charge in [0.2, 0.25) is 0 Å². The normalized spacial score (nSPS) is 18.2. The van der Waals surface area contributed by atoms with E-state index in [2.05, 4.69) is 34.9 Å². The number of hydrogen-bond donors (Lipinski definition) is 2. The van der Waals surface area contributed by atoms with E-state index in [0.29, 0.717) is 56.8 Å². The van der Waals surface area contributed by atoms with Crippen molar-refractivity contribution in [3.63, 3.8) is 0 Å². The molecule has 46 heavy (non-hydrogen) atoms. The third kappa shape index (κ3) is 7.55. The summed E-state index contributed by atoms with van der Waals surface area (Å²) in [5, 5.41) is 20.2. The van der Waals surface area contributed by atoms with Gasteiger partial charge in [0, 0.05) is 37.8 Å². The van der Waals surface area contributed by atoms with E-state index < -0.39 is 11.6 Å². The number of rotatable bonds is 11. The summed E-state index contributed by atoms with van der Waals surface area (Å²) in [7, 11) is 0. The van der Waals surface area contributed by atoms with E-state index in [4.69, 9.17) is 30.5 Å². The molecule has 6 rings (SSSR count). The fourth-order valence-corrected chi connectivity index (χ4v) is 6.71. The summed E-state index contributed by atoms with van der Waals surface area (Å²) >= 11 is 6.82. The van der Waals surface area contributed by atoms with Crippen molar-refractivity contribution in [2.24, 2.45) is 0 Å². The Kier molecular flexibility index (Phi) is 10.2. The number of fused-ring (bicyclic) bond motifs is 1. The minimum absolute atomic E-state index is 0.205. The summed E-state index contributed by atoms with van der Waals surface area (Å²) in [4.78, 5) is 16.0. The van der Waals surface area contributed by atoms with Crippen molar-refractivity contribution in [2.75, 3.05) is 52.5 Å². The van der Waals surface area contributed by atoms with Gasteiger partial charge in [-0.2, -0.15) is 0 Å². The highest BCUT2D eigenvalue weighted by atomic mass is 35.5. The number of piperidine rings is 2. The number of aliphatic hydroxyl groups is 1. The Balaban J connectivity index is 1.15. The summed E-state index contributed by atoms with van der Waals surface area (Å²) in [5.41, 5.74) is 3.71. The molecule has 0 saturated carbocycles. The smallest absolute Gasteiger partial charge is 0.335 e. The molecule has 10 heteroatoms. The van der Waals surface area contributed by atoms with Crippen LogP contribution in [0, 0.1) is 6.92 Å². The molecule has 0 spiro atoms. The SMILES string of the molecule is Cc1c(COc2cc(OCCN3CCC(O)(C(=O)O)CC3)c(CN3CCCCC3)cc2Cl)cccc1-c1ccc2c(c1)OCCO2. The lowest BCUT2D eigenvalue weighted by Gasteiger charge is -2.35. The number of ether oxygens (including phenoxy) is 4. The van der Waals surface area contributed by atoms with Gasteiger partial charge in [0.25, 0.3) is 0 Å². The molecule has 0 radical (unpaired) electrons. The molecule has 3 aromatic carbocycles. The summed E-state index contributed by atoms with van der Waals surface area (Å²) in [6.07, 6.45) is 4.05. The highest BCUT2D eigenvalue weighted by Crippen LogP contribution is 2.38.